The molecule has 9 heteroatoms. The summed E-state index contributed by atoms with van der Waals surface area (Å²) in [7, 11) is -3.89. The van der Waals surface area contributed by atoms with Crippen molar-refractivity contribution in [3.63, 3.8) is 0 Å². The molecule has 1 heterocycles. The van der Waals surface area contributed by atoms with Gasteiger partial charge < -0.3 is 10.2 Å². The Bertz CT molecular complexity index is 1700. The first-order valence-electron chi connectivity index (χ1n) is 11.3. The number of carbonyl (C=O) groups is 1. The molecule has 0 spiro atoms. The van der Waals surface area contributed by atoms with Gasteiger partial charge in [-0.3, -0.25) is 9.78 Å². The van der Waals surface area contributed by atoms with Gasteiger partial charge in [0.25, 0.3) is 5.91 Å². The first-order valence-corrected chi connectivity index (χ1v) is 12.8. The Morgan fingerprint density at radius 1 is 0.838 bits per heavy atom. The van der Waals surface area contributed by atoms with E-state index in [1.165, 1.54) is 6.07 Å². The second kappa shape index (κ2) is 10.1. The Kier molecular flexibility index (Phi) is 6.55. The van der Waals surface area contributed by atoms with Crippen molar-refractivity contribution in [3.8, 4) is 16.9 Å². The van der Waals surface area contributed by atoms with E-state index in [1.54, 1.807) is 79.1 Å². The van der Waals surface area contributed by atoms with Gasteiger partial charge in [-0.25, -0.2) is 19.0 Å². The van der Waals surface area contributed by atoms with Gasteiger partial charge in [0, 0.05) is 28.9 Å². The van der Waals surface area contributed by atoms with Gasteiger partial charge in [-0.05, 0) is 59.5 Å². The summed E-state index contributed by atoms with van der Waals surface area (Å²) in [6, 6.07) is 27.8. The number of amides is 1. The van der Waals surface area contributed by atoms with Crippen LogP contribution in [0.25, 0.3) is 21.9 Å². The Morgan fingerprint density at radius 2 is 1.59 bits per heavy atom. The summed E-state index contributed by atoms with van der Waals surface area (Å²) in [6.45, 7) is 0. The number of hydrogen-bond acceptors (Lipinski definition) is 6. The number of benzene rings is 4. The lowest BCUT2D eigenvalue weighted by Gasteiger charge is -2.14. The predicted octanol–water partition coefficient (Wildman–Crippen LogP) is 5.21. The highest BCUT2D eigenvalue weighted by Gasteiger charge is 2.16. The molecule has 0 radical (unpaired) electrons. The zero-order valence-corrected chi connectivity index (χ0v) is 20.3. The van der Waals surface area contributed by atoms with E-state index in [-0.39, 0.29) is 10.8 Å². The fraction of sp³-hybridized carbons (Fsp3) is 0. The number of aromatic nitrogens is 1. The van der Waals surface area contributed by atoms with Crippen molar-refractivity contribution in [1.82, 2.24) is 4.98 Å². The third-order valence-corrected chi connectivity index (χ3v) is 6.68. The Morgan fingerprint density at radius 3 is 2.41 bits per heavy atom. The minimum Gasteiger partial charge on any atom is -0.380 e. The molecule has 5 aromatic rings. The second-order valence-corrected chi connectivity index (χ2v) is 9.74. The van der Waals surface area contributed by atoms with Crippen molar-refractivity contribution < 1.29 is 18.0 Å². The molecule has 4 aromatic carbocycles. The standard InChI is InChI=1S/C28H22N4O4S/c29-37(34,35)27-8-4-1-5-24(27)20-9-11-21(12-10-20)28(33)31-25-6-2-3-7-26(25)36-32-23-14-13-19-15-16-30-18-22(19)17-23/h1-18,32H,(H,31,33)(H2,29,34,35). The van der Waals surface area contributed by atoms with Crippen LogP contribution in [0.5, 0.6) is 5.75 Å². The monoisotopic (exact) mass is 510 g/mol. The van der Waals surface area contributed by atoms with Gasteiger partial charge in [0.15, 0.2) is 5.75 Å². The molecular weight excluding hydrogens is 488 g/mol. The fourth-order valence-corrected chi connectivity index (χ4v) is 4.63. The van der Waals surface area contributed by atoms with Gasteiger partial charge >= 0.3 is 0 Å². The minimum absolute atomic E-state index is 0.0217. The third-order valence-electron chi connectivity index (χ3n) is 5.71. The Balaban J connectivity index is 1.31. The molecule has 0 aliphatic carbocycles. The molecule has 0 fully saturated rings. The number of nitrogens with one attached hydrogen (secondary N) is 2. The number of sulfonamides is 1. The van der Waals surface area contributed by atoms with Crippen molar-refractivity contribution in [2.75, 3.05) is 10.8 Å². The van der Waals surface area contributed by atoms with Crippen LogP contribution >= 0.6 is 0 Å². The van der Waals surface area contributed by atoms with Crippen molar-refractivity contribution in [2.45, 2.75) is 4.90 Å². The number of hydrogen-bond donors (Lipinski definition) is 3. The number of rotatable bonds is 7. The molecular formula is C28H22N4O4S. The maximum Gasteiger partial charge on any atom is 0.255 e. The number of nitrogens with zero attached hydrogens (tertiary/aromatic N) is 1. The van der Waals surface area contributed by atoms with Crippen molar-refractivity contribution in [2.24, 2.45) is 5.14 Å². The highest BCUT2D eigenvalue weighted by molar-refractivity contribution is 7.89. The van der Waals surface area contributed by atoms with Gasteiger partial charge in [0.05, 0.1) is 16.3 Å². The Hall–Kier alpha value is -4.73. The molecule has 184 valence electrons. The normalized spacial score (nSPS) is 11.2. The van der Waals surface area contributed by atoms with Crippen LogP contribution in [0, 0.1) is 0 Å². The number of anilines is 2. The molecule has 1 amide bonds. The van der Waals surface area contributed by atoms with E-state index in [4.69, 9.17) is 9.98 Å². The molecule has 0 saturated carbocycles. The highest BCUT2D eigenvalue weighted by atomic mass is 32.2. The summed E-state index contributed by atoms with van der Waals surface area (Å²) in [5, 5.41) is 10.2. The van der Waals surface area contributed by atoms with E-state index in [2.05, 4.69) is 15.8 Å². The zero-order chi connectivity index (χ0) is 25.8. The number of nitrogens with two attached hydrogens (primary N) is 1. The largest absolute Gasteiger partial charge is 0.380 e. The van der Waals surface area contributed by atoms with E-state index in [1.807, 2.05) is 24.3 Å². The lowest BCUT2D eigenvalue weighted by molar-refractivity contribution is 0.102. The molecule has 0 atom stereocenters. The summed E-state index contributed by atoms with van der Waals surface area (Å²) in [6.07, 6.45) is 3.51. The van der Waals surface area contributed by atoms with Crippen molar-refractivity contribution in [1.29, 1.82) is 0 Å². The topological polar surface area (TPSA) is 123 Å². The van der Waals surface area contributed by atoms with Gasteiger partial charge in [-0.1, -0.05) is 48.5 Å². The van der Waals surface area contributed by atoms with Crippen LogP contribution < -0.4 is 20.8 Å². The minimum atomic E-state index is -3.89. The van der Waals surface area contributed by atoms with Crippen LogP contribution in [0.4, 0.5) is 11.4 Å². The number of primary sulfonamides is 1. The van der Waals surface area contributed by atoms with Gasteiger partial charge in [0.2, 0.25) is 10.0 Å². The third kappa shape index (κ3) is 5.43. The molecule has 4 N–H and O–H groups in total. The summed E-state index contributed by atoms with van der Waals surface area (Å²) < 4.78 is 23.9. The number of pyridine rings is 1. The average Bonchev–Trinajstić information content (AvgIpc) is 2.92. The number of fused-ring (bicyclic) bond motifs is 1. The van der Waals surface area contributed by atoms with Crippen LogP contribution in [0.3, 0.4) is 0 Å². The van der Waals surface area contributed by atoms with E-state index in [0.29, 0.717) is 28.1 Å². The number of carbonyl (C=O) groups excluding carboxylic acids is 1. The quantitative estimate of drug-likeness (QED) is 0.258. The fourth-order valence-electron chi connectivity index (χ4n) is 3.87. The van der Waals surface area contributed by atoms with Crippen molar-refractivity contribution in [3.05, 3.63) is 115 Å². The van der Waals surface area contributed by atoms with Crippen LogP contribution in [0.1, 0.15) is 10.4 Å². The van der Waals surface area contributed by atoms with Crippen molar-refractivity contribution >= 4 is 38.1 Å². The molecule has 1 aromatic heterocycles. The molecule has 8 nitrogen and oxygen atoms in total. The molecule has 0 saturated heterocycles. The molecule has 37 heavy (non-hydrogen) atoms. The van der Waals surface area contributed by atoms with Crippen LogP contribution in [0.15, 0.2) is 114 Å². The first-order chi connectivity index (χ1) is 17.9. The van der Waals surface area contributed by atoms with E-state index >= 15 is 0 Å². The van der Waals surface area contributed by atoms with E-state index in [0.717, 1.165) is 16.5 Å². The van der Waals surface area contributed by atoms with Crippen LogP contribution in [-0.2, 0) is 10.0 Å². The smallest absolute Gasteiger partial charge is 0.255 e. The summed E-state index contributed by atoms with van der Waals surface area (Å²) in [5.74, 6) is 0.0833. The summed E-state index contributed by atoms with van der Waals surface area (Å²) in [4.78, 5) is 22.9. The molecule has 0 unspecified atom stereocenters. The predicted molar refractivity (Wildman–Crippen MR) is 144 cm³/mol. The first kappa shape index (κ1) is 24.0. The highest BCUT2D eigenvalue weighted by Crippen LogP contribution is 2.28. The lowest BCUT2D eigenvalue weighted by Crippen LogP contribution is -2.14. The molecule has 5 rings (SSSR count). The van der Waals surface area contributed by atoms with Gasteiger partial charge in [-0.15, -0.1) is 0 Å². The maximum atomic E-state index is 13.0. The second-order valence-electron chi connectivity index (χ2n) is 8.21. The van der Waals surface area contributed by atoms with Crippen LogP contribution in [0.2, 0.25) is 0 Å². The Labute approximate surface area is 213 Å². The molecule has 0 aliphatic heterocycles. The number of para-hydroxylation sites is 2. The van der Waals surface area contributed by atoms with E-state index < -0.39 is 10.0 Å². The molecule has 0 bridgehead atoms. The SMILES string of the molecule is NS(=O)(=O)c1ccccc1-c1ccc(C(=O)Nc2ccccc2ONc2ccc3ccncc3c2)cc1. The summed E-state index contributed by atoms with van der Waals surface area (Å²) >= 11 is 0. The maximum absolute atomic E-state index is 13.0. The van der Waals surface area contributed by atoms with Gasteiger partial charge in [0.1, 0.15) is 0 Å². The lowest BCUT2D eigenvalue weighted by atomic mass is 10.0. The molecule has 0 aliphatic rings. The van der Waals surface area contributed by atoms with Gasteiger partial charge in [-0.2, -0.15) is 0 Å². The van der Waals surface area contributed by atoms with E-state index in [9.17, 15) is 13.2 Å². The summed E-state index contributed by atoms with van der Waals surface area (Å²) in [5.41, 5.74) is 5.60. The zero-order valence-electron chi connectivity index (χ0n) is 19.5. The van der Waals surface area contributed by atoms with Crippen LogP contribution in [-0.4, -0.2) is 19.3 Å². The average molecular weight is 511 g/mol.